The molecule has 41 heavy (non-hydrogen) atoms. The summed E-state index contributed by atoms with van der Waals surface area (Å²) in [6, 6.07) is 21.6. The number of anilines is 2. The zero-order valence-corrected chi connectivity index (χ0v) is 25.6. The van der Waals surface area contributed by atoms with Crippen molar-refractivity contribution in [3.8, 4) is 0 Å². The summed E-state index contributed by atoms with van der Waals surface area (Å²) in [5, 5.41) is 8.33. The predicted molar refractivity (Wildman–Crippen MR) is 174 cm³/mol. The molecule has 0 radical (unpaired) electrons. The Morgan fingerprint density at radius 3 is 1.78 bits per heavy atom. The molecule has 5 rings (SSSR count). The number of carbonyl (C=O) groups is 2. The molecule has 1 aromatic heterocycles. The van der Waals surface area contributed by atoms with Gasteiger partial charge < -0.3 is 20.4 Å². The third-order valence-corrected chi connectivity index (χ3v) is 4.75. The number of hydrogen-bond acceptors (Lipinski definition) is 4. The lowest BCUT2D eigenvalue weighted by Crippen LogP contribution is -2.31. The summed E-state index contributed by atoms with van der Waals surface area (Å²) in [7, 11) is 0. The number of fused-ring (bicyclic) bond motifs is 1. The molecule has 0 bridgehead atoms. The van der Waals surface area contributed by atoms with Crippen LogP contribution < -0.4 is 16.0 Å². The molecule has 3 N–H and O–H groups in total. The number of urea groups is 1. The van der Waals surface area contributed by atoms with Crippen LogP contribution in [0, 0.1) is 5.92 Å². The first-order valence-corrected chi connectivity index (χ1v) is 14.3. The van der Waals surface area contributed by atoms with E-state index in [-0.39, 0.29) is 17.9 Å². The summed E-state index contributed by atoms with van der Waals surface area (Å²) in [4.78, 5) is 27.6. The van der Waals surface area contributed by atoms with Gasteiger partial charge in [0, 0.05) is 17.6 Å². The van der Waals surface area contributed by atoms with Crippen LogP contribution in [0.5, 0.6) is 0 Å². The summed E-state index contributed by atoms with van der Waals surface area (Å²) >= 11 is 0. The van der Waals surface area contributed by atoms with Gasteiger partial charge in [0.15, 0.2) is 5.76 Å². The lowest BCUT2D eigenvalue weighted by molar-refractivity contribution is 0.0996. The molecule has 1 aliphatic carbocycles. The van der Waals surface area contributed by atoms with Crippen LogP contribution in [0.2, 0.25) is 0 Å². The van der Waals surface area contributed by atoms with Crippen LogP contribution in [0.1, 0.15) is 65.9 Å². The average molecular weight is 559 g/mol. The van der Waals surface area contributed by atoms with E-state index in [2.05, 4.69) is 20.9 Å². The predicted octanol–water partition coefficient (Wildman–Crippen LogP) is 9.48. The maximum absolute atomic E-state index is 11.9. The van der Waals surface area contributed by atoms with Crippen molar-refractivity contribution in [2.24, 2.45) is 10.9 Å². The van der Waals surface area contributed by atoms with Gasteiger partial charge in [0.25, 0.3) is 5.91 Å². The molecule has 0 saturated carbocycles. The van der Waals surface area contributed by atoms with Crippen LogP contribution in [0.25, 0.3) is 0 Å². The first kappa shape index (κ1) is 36.4. The molecule has 3 aromatic rings. The Balaban J connectivity index is 0.000000645. The fraction of sp³-hybridized carbons (Fsp3) is 0.265. The summed E-state index contributed by atoms with van der Waals surface area (Å²) in [6.45, 7) is 16.0. The molecule has 1 aliphatic heterocycles. The number of hydrogen-bond donors (Lipinski definition) is 3. The van der Waals surface area contributed by atoms with Gasteiger partial charge in [0.1, 0.15) is 0 Å². The van der Waals surface area contributed by atoms with E-state index in [1.807, 2.05) is 140 Å². The zero-order chi connectivity index (χ0) is 30.9. The van der Waals surface area contributed by atoms with Crippen LogP contribution in [-0.2, 0) is 0 Å². The monoisotopic (exact) mass is 558 g/mol. The maximum Gasteiger partial charge on any atom is 0.323 e. The largest absolute Gasteiger partial charge is 0.459 e. The Morgan fingerprint density at radius 2 is 1.24 bits per heavy atom. The number of allylic oxidation sites excluding steroid dienone is 4. The van der Waals surface area contributed by atoms with Crippen LogP contribution in [0.4, 0.5) is 16.2 Å². The van der Waals surface area contributed by atoms with Crippen molar-refractivity contribution in [2.45, 2.75) is 55.4 Å². The van der Waals surface area contributed by atoms with E-state index in [0.29, 0.717) is 5.76 Å². The number of aliphatic imine (C=N–C) groups is 1. The van der Waals surface area contributed by atoms with Crippen LogP contribution in [0.15, 0.2) is 125 Å². The Bertz CT molecular complexity index is 1210. The van der Waals surface area contributed by atoms with E-state index in [9.17, 15) is 9.59 Å². The number of para-hydroxylation sites is 2. The molecule has 1 unspecified atom stereocenters. The van der Waals surface area contributed by atoms with Crippen molar-refractivity contribution in [3.63, 3.8) is 0 Å². The van der Waals surface area contributed by atoms with E-state index < -0.39 is 0 Å². The third kappa shape index (κ3) is 13.3. The van der Waals surface area contributed by atoms with Gasteiger partial charge in [0.05, 0.1) is 23.6 Å². The lowest BCUT2D eigenvalue weighted by Gasteiger charge is -2.15. The molecule has 2 heterocycles. The van der Waals surface area contributed by atoms with Gasteiger partial charge in [0.2, 0.25) is 0 Å². The van der Waals surface area contributed by atoms with Gasteiger partial charge in [-0.2, -0.15) is 0 Å². The minimum atomic E-state index is -0.253. The Morgan fingerprint density at radius 1 is 0.683 bits per heavy atom. The highest BCUT2D eigenvalue weighted by molar-refractivity contribution is 6.04. The SMILES string of the molecule is CC.CC.CC.CC.O=C(NC1=CN=C2C=CC=CC12)Nc1ccccc1.O=C(Nc1ccccc1)c1ccco1. The van der Waals surface area contributed by atoms with Crippen molar-refractivity contribution in [1.82, 2.24) is 5.32 Å². The number of furan rings is 1. The Kier molecular flexibility index (Phi) is 20.6. The number of carbonyl (C=O) groups excluding carboxylic acids is 2. The minimum Gasteiger partial charge on any atom is -0.459 e. The van der Waals surface area contributed by atoms with Crippen molar-refractivity contribution in [2.75, 3.05) is 10.6 Å². The zero-order valence-electron chi connectivity index (χ0n) is 25.6. The van der Waals surface area contributed by atoms with E-state index >= 15 is 0 Å². The number of nitrogens with zero attached hydrogens (tertiary/aromatic N) is 1. The van der Waals surface area contributed by atoms with Gasteiger partial charge in [-0.05, 0) is 42.5 Å². The molecule has 7 heteroatoms. The van der Waals surface area contributed by atoms with Crippen LogP contribution >= 0.6 is 0 Å². The first-order chi connectivity index (χ1) is 20.2. The molecule has 3 amide bonds. The second-order valence-corrected chi connectivity index (χ2v) is 7.10. The van der Waals surface area contributed by atoms with E-state index in [1.54, 1.807) is 18.3 Å². The van der Waals surface area contributed by atoms with Gasteiger partial charge in [-0.25, -0.2) is 4.79 Å². The van der Waals surface area contributed by atoms with Gasteiger partial charge >= 0.3 is 6.03 Å². The molecular weight excluding hydrogens is 512 g/mol. The smallest absolute Gasteiger partial charge is 0.323 e. The summed E-state index contributed by atoms with van der Waals surface area (Å²) in [5.74, 6) is 0.140. The second kappa shape index (κ2) is 23.3. The Hall–Kier alpha value is -4.65. The van der Waals surface area contributed by atoms with Crippen LogP contribution in [0.3, 0.4) is 0 Å². The summed E-state index contributed by atoms with van der Waals surface area (Å²) in [6.07, 6.45) is 11.0. The fourth-order valence-corrected chi connectivity index (χ4v) is 3.19. The first-order valence-electron chi connectivity index (χ1n) is 14.3. The maximum atomic E-state index is 11.9. The molecule has 0 fully saturated rings. The van der Waals surface area contributed by atoms with Crippen molar-refractivity contribution in [3.05, 3.63) is 121 Å². The molecule has 2 aromatic carbocycles. The highest BCUT2D eigenvalue weighted by Crippen LogP contribution is 2.23. The molecule has 0 saturated heterocycles. The molecule has 2 aliphatic rings. The fourth-order valence-electron chi connectivity index (χ4n) is 3.19. The summed E-state index contributed by atoms with van der Waals surface area (Å²) < 4.78 is 4.96. The van der Waals surface area contributed by atoms with Gasteiger partial charge in [-0.1, -0.05) is 110 Å². The normalized spacial score (nSPS) is 12.9. The molecule has 1 atom stereocenters. The van der Waals surface area contributed by atoms with Gasteiger partial charge in [-0.3, -0.25) is 9.79 Å². The third-order valence-electron chi connectivity index (χ3n) is 4.75. The van der Waals surface area contributed by atoms with E-state index in [0.717, 1.165) is 22.8 Å². The van der Waals surface area contributed by atoms with Gasteiger partial charge in [-0.15, -0.1) is 0 Å². The molecule has 7 nitrogen and oxygen atoms in total. The minimum absolute atomic E-state index is 0.0616. The lowest BCUT2D eigenvalue weighted by atomic mass is 9.97. The standard InChI is InChI=1S/C15H13N3O.C11H9NO2.4C2H6/c19-15(17-11-6-2-1-3-7-11)18-14-10-16-13-9-5-4-8-12(13)14;13-11(10-7-4-8-14-10)12-9-5-2-1-3-6-9;4*1-2/h1-10,12H,(H2,17,18,19);1-8H,(H,12,13);4*1-2H3. The van der Waals surface area contributed by atoms with Crippen molar-refractivity contribution < 1.29 is 14.0 Å². The molecular formula is C34H46N4O3. The number of rotatable bonds is 4. The highest BCUT2D eigenvalue weighted by Gasteiger charge is 2.23. The van der Waals surface area contributed by atoms with E-state index in [4.69, 9.17) is 4.42 Å². The number of nitrogens with one attached hydrogen (secondary N) is 3. The van der Waals surface area contributed by atoms with Crippen molar-refractivity contribution in [1.29, 1.82) is 0 Å². The van der Waals surface area contributed by atoms with Crippen LogP contribution in [-0.4, -0.2) is 17.6 Å². The molecule has 0 spiro atoms. The second-order valence-electron chi connectivity index (χ2n) is 7.10. The molecule has 220 valence electrons. The highest BCUT2D eigenvalue weighted by atomic mass is 16.3. The van der Waals surface area contributed by atoms with Crippen molar-refractivity contribution >= 4 is 29.0 Å². The number of amides is 3. The number of benzene rings is 2. The quantitative estimate of drug-likeness (QED) is 0.297. The van der Waals surface area contributed by atoms with E-state index in [1.165, 1.54) is 6.26 Å². The Labute approximate surface area is 246 Å². The summed E-state index contributed by atoms with van der Waals surface area (Å²) in [5.41, 5.74) is 3.27. The average Bonchev–Trinajstić information content (AvgIpc) is 3.74. The topological polar surface area (TPSA) is 95.7 Å².